The van der Waals surface area contributed by atoms with Crippen LogP contribution in [0.15, 0.2) is 71.9 Å². The van der Waals surface area contributed by atoms with Crippen molar-refractivity contribution in [3.8, 4) is 16.9 Å². The highest BCUT2D eigenvalue weighted by Gasteiger charge is 2.31. The summed E-state index contributed by atoms with van der Waals surface area (Å²) in [6.07, 6.45) is 4.66. The fourth-order valence-electron chi connectivity index (χ4n) is 3.80. The minimum atomic E-state index is -4.75. The third-order valence-corrected chi connectivity index (χ3v) is 5.63. The number of alkyl halides is 3. The summed E-state index contributed by atoms with van der Waals surface area (Å²) in [5.74, 6) is -0.287. The minimum absolute atomic E-state index is 0.208. The lowest BCUT2D eigenvalue weighted by atomic mass is 9.90. The number of nitrogens with one attached hydrogen (secondary N) is 1. The number of aliphatic hydroxyl groups is 1. The van der Waals surface area contributed by atoms with Crippen LogP contribution in [0.2, 0.25) is 0 Å². The fourth-order valence-corrected chi connectivity index (χ4v) is 3.80. The number of aliphatic hydroxyl groups excluding tert-OH is 1. The molecule has 0 atom stereocenters. The Kier molecular flexibility index (Phi) is 11.0. The van der Waals surface area contributed by atoms with Crippen molar-refractivity contribution < 1.29 is 23.0 Å². The number of halogens is 3. The Morgan fingerprint density at radius 2 is 1.81 bits per heavy atom. The second-order valence-electron chi connectivity index (χ2n) is 8.42. The predicted octanol–water partition coefficient (Wildman–Crippen LogP) is 8.07. The average Bonchev–Trinajstić information content (AvgIpc) is 2.80. The molecule has 0 aromatic heterocycles. The van der Waals surface area contributed by atoms with Crippen LogP contribution < -0.4 is 10.1 Å². The Morgan fingerprint density at radius 3 is 2.28 bits per heavy atom. The van der Waals surface area contributed by atoms with Crippen LogP contribution in [0.25, 0.3) is 11.1 Å². The summed E-state index contributed by atoms with van der Waals surface area (Å²) in [4.78, 5) is 4.48. The smallest absolute Gasteiger partial charge is 0.406 e. The summed E-state index contributed by atoms with van der Waals surface area (Å²) in [7, 11) is 0. The number of hydrogen-bond acceptors (Lipinski definition) is 4. The third kappa shape index (κ3) is 7.85. The number of benzene rings is 2. The SMILES string of the molecule is C=CC=Nc1c(C)c(-c2ccc(OC(F)(F)F)cc2)cc(CNC(C=C)=C2CCC2)c1CO.CCC. The van der Waals surface area contributed by atoms with Gasteiger partial charge in [0.25, 0.3) is 0 Å². The summed E-state index contributed by atoms with van der Waals surface area (Å²) in [6, 6.07) is 7.65. The van der Waals surface area contributed by atoms with Crippen LogP contribution in [-0.2, 0) is 13.2 Å². The standard InChI is InChI=1S/C26H27F3N2O2.C3H8/c1-4-13-30-25-17(3)22(18-9-11-21(12-10-18)33-26(27,28)29)14-20(23(25)16-32)15-31-24(5-2)19-7-6-8-19;1-3-2/h4-5,9-14,31-32H,1-2,6-8,15-16H2,3H3;3H2,1-2H3. The van der Waals surface area contributed by atoms with Gasteiger partial charge < -0.3 is 15.2 Å². The average molecular weight is 501 g/mol. The molecular formula is C29H35F3N2O2. The predicted molar refractivity (Wildman–Crippen MR) is 141 cm³/mol. The number of aliphatic imine (C=N–C) groups is 1. The summed E-state index contributed by atoms with van der Waals surface area (Å²) in [6.45, 7) is 13.9. The van der Waals surface area contributed by atoms with E-state index in [4.69, 9.17) is 0 Å². The Hall–Kier alpha value is -3.32. The zero-order chi connectivity index (χ0) is 26.7. The highest BCUT2D eigenvalue weighted by Crippen LogP contribution is 2.37. The summed E-state index contributed by atoms with van der Waals surface area (Å²) in [5.41, 5.74) is 6.76. The van der Waals surface area contributed by atoms with Crippen molar-refractivity contribution in [2.24, 2.45) is 4.99 Å². The number of nitrogens with zero attached hydrogens (tertiary/aromatic N) is 1. The number of allylic oxidation sites excluding steroid dienone is 3. The molecule has 0 unspecified atom stereocenters. The molecule has 0 saturated heterocycles. The van der Waals surface area contributed by atoms with Gasteiger partial charge in [-0.25, -0.2) is 0 Å². The van der Waals surface area contributed by atoms with Crippen molar-refractivity contribution in [1.29, 1.82) is 0 Å². The van der Waals surface area contributed by atoms with Crippen LogP contribution in [0, 0.1) is 6.92 Å². The largest absolute Gasteiger partial charge is 0.573 e. The van der Waals surface area contributed by atoms with Gasteiger partial charge in [0.2, 0.25) is 0 Å². The van der Waals surface area contributed by atoms with Gasteiger partial charge in [0.1, 0.15) is 5.75 Å². The van der Waals surface area contributed by atoms with E-state index < -0.39 is 6.36 Å². The van der Waals surface area contributed by atoms with Crippen LogP contribution in [0.4, 0.5) is 18.9 Å². The Labute approximate surface area is 211 Å². The van der Waals surface area contributed by atoms with Crippen molar-refractivity contribution in [2.75, 3.05) is 0 Å². The lowest BCUT2D eigenvalue weighted by molar-refractivity contribution is -0.274. The van der Waals surface area contributed by atoms with E-state index in [-0.39, 0.29) is 12.4 Å². The van der Waals surface area contributed by atoms with Gasteiger partial charge in [-0.05, 0) is 78.3 Å². The van der Waals surface area contributed by atoms with Crippen molar-refractivity contribution in [2.45, 2.75) is 66.0 Å². The lowest BCUT2D eigenvalue weighted by Crippen LogP contribution is -2.17. The summed E-state index contributed by atoms with van der Waals surface area (Å²) in [5, 5.41) is 13.5. The molecule has 7 heteroatoms. The second-order valence-corrected chi connectivity index (χ2v) is 8.42. The van der Waals surface area contributed by atoms with E-state index in [9.17, 15) is 18.3 Å². The van der Waals surface area contributed by atoms with Crippen molar-refractivity contribution in [3.63, 3.8) is 0 Å². The zero-order valence-corrected chi connectivity index (χ0v) is 21.2. The Balaban J connectivity index is 0.00000145. The number of rotatable bonds is 9. The van der Waals surface area contributed by atoms with Gasteiger partial charge in [0, 0.05) is 24.0 Å². The van der Waals surface area contributed by atoms with Crippen LogP contribution in [0.1, 0.15) is 56.2 Å². The van der Waals surface area contributed by atoms with E-state index >= 15 is 0 Å². The van der Waals surface area contributed by atoms with Crippen molar-refractivity contribution in [3.05, 3.63) is 83.6 Å². The molecule has 4 nitrogen and oxygen atoms in total. The number of hydrogen-bond donors (Lipinski definition) is 2. The normalized spacial score (nSPS) is 12.9. The first kappa shape index (κ1) is 28.9. The minimum Gasteiger partial charge on any atom is -0.406 e. The van der Waals surface area contributed by atoms with Gasteiger partial charge in [0.05, 0.1) is 12.3 Å². The quantitative estimate of drug-likeness (QED) is 0.342. The maximum atomic E-state index is 12.5. The Morgan fingerprint density at radius 1 is 1.17 bits per heavy atom. The zero-order valence-electron chi connectivity index (χ0n) is 21.2. The first-order valence-electron chi connectivity index (χ1n) is 12.0. The Bertz CT molecular complexity index is 1090. The number of ether oxygens (including phenoxy) is 1. The fraction of sp³-hybridized carbons (Fsp3) is 0.345. The second kappa shape index (κ2) is 13.7. The van der Waals surface area contributed by atoms with E-state index in [1.54, 1.807) is 30.5 Å². The molecule has 194 valence electrons. The van der Waals surface area contributed by atoms with Crippen molar-refractivity contribution >= 4 is 11.9 Å². The van der Waals surface area contributed by atoms with E-state index in [0.29, 0.717) is 23.4 Å². The maximum Gasteiger partial charge on any atom is 0.573 e. The first-order valence-corrected chi connectivity index (χ1v) is 12.0. The van der Waals surface area contributed by atoms with Gasteiger partial charge in [0.15, 0.2) is 0 Å². The molecule has 3 rings (SSSR count). The molecule has 1 fully saturated rings. The van der Waals surface area contributed by atoms with E-state index in [1.807, 2.05) is 13.0 Å². The van der Waals surface area contributed by atoms with Crippen LogP contribution >= 0.6 is 0 Å². The molecule has 2 N–H and O–H groups in total. The molecule has 0 amide bonds. The van der Waals surface area contributed by atoms with E-state index in [2.05, 4.69) is 42.1 Å². The van der Waals surface area contributed by atoms with Crippen LogP contribution in [0.3, 0.4) is 0 Å². The summed E-state index contributed by atoms with van der Waals surface area (Å²) >= 11 is 0. The molecule has 2 aromatic rings. The molecule has 1 aliphatic carbocycles. The van der Waals surface area contributed by atoms with Gasteiger partial charge in [-0.15, -0.1) is 13.2 Å². The highest BCUT2D eigenvalue weighted by atomic mass is 19.4. The molecule has 36 heavy (non-hydrogen) atoms. The van der Waals surface area contributed by atoms with Gasteiger partial charge >= 0.3 is 6.36 Å². The lowest BCUT2D eigenvalue weighted by Gasteiger charge is -2.23. The molecule has 0 radical (unpaired) electrons. The van der Waals surface area contributed by atoms with Gasteiger partial charge in [-0.2, -0.15) is 0 Å². The van der Waals surface area contributed by atoms with Crippen molar-refractivity contribution in [1.82, 2.24) is 5.32 Å². The first-order chi connectivity index (χ1) is 17.2. The third-order valence-electron chi connectivity index (χ3n) is 5.63. The molecule has 0 spiro atoms. The molecule has 1 saturated carbocycles. The molecule has 0 bridgehead atoms. The van der Waals surface area contributed by atoms with Gasteiger partial charge in [-0.3, -0.25) is 4.99 Å². The van der Waals surface area contributed by atoms with E-state index in [0.717, 1.165) is 35.2 Å². The summed E-state index contributed by atoms with van der Waals surface area (Å²) < 4.78 is 41.5. The van der Waals surface area contributed by atoms with Crippen LogP contribution in [-0.4, -0.2) is 17.7 Å². The molecule has 0 aliphatic heterocycles. The highest BCUT2D eigenvalue weighted by molar-refractivity contribution is 5.81. The van der Waals surface area contributed by atoms with Crippen LogP contribution in [0.5, 0.6) is 5.75 Å². The molecule has 1 aliphatic rings. The van der Waals surface area contributed by atoms with E-state index in [1.165, 1.54) is 30.5 Å². The molecule has 2 aromatic carbocycles. The monoisotopic (exact) mass is 500 g/mol. The molecular weight excluding hydrogens is 465 g/mol. The molecule has 0 heterocycles. The van der Waals surface area contributed by atoms with Gasteiger partial charge in [-0.1, -0.05) is 51.6 Å². The maximum absolute atomic E-state index is 12.5. The topological polar surface area (TPSA) is 53.8 Å².